The van der Waals surface area contributed by atoms with Gasteiger partial charge in [-0.25, -0.2) is 9.37 Å². The molecule has 6 heteroatoms. The van der Waals surface area contributed by atoms with Crippen molar-refractivity contribution in [2.45, 2.75) is 0 Å². The van der Waals surface area contributed by atoms with Gasteiger partial charge in [-0.3, -0.25) is 4.99 Å². The maximum atomic E-state index is 13.4. The van der Waals surface area contributed by atoms with Crippen molar-refractivity contribution in [1.29, 1.82) is 0 Å². The Bertz CT molecular complexity index is 1140. The fourth-order valence-corrected chi connectivity index (χ4v) is 2.69. The highest BCUT2D eigenvalue weighted by Crippen LogP contribution is 2.28. The summed E-state index contributed by atoms with van der Waals surface area (Å²) in [6.45, 7) is 0. The van der Waals surface area contributed by atoms with E-state index in [1.807, 2.05) is 0 Å². The third-order valence-corrected chi connectivity index (χ3v) is 4.02. The molecule has 0 amide bonds. The van der Waals surface area contributed by atoms with Crippen molar-refractivity contribution >= 4 is 34.6 Å². The van der Waals surface area contributed by atoms with Gasteiger partial charge in [0, 0.05) is 28.4 Å². The van der Waals surface area contributed by atoms with Crippen LogP contribution in [0, 0.1) is 5.82 Å². The zero-order valence-electron chi connectivity index (χ0n) is 13.4. The highest BCUT2D eigenvalue weighted by molar-refractivity contribution is 6.30. The second kappa shape index (κ2) is 6.61. The second-order valence-electron chi connectivity index (χ2n) is 5.64. The van der Waals surface area contributed by atoms with Crippen molar-refractivity contribution in [3.05, 3.63) is 77.1 Å². The molecule has 3 aromatic carbocycles. The number of hydrogen-bond acceptors (Lipinski definition) is 4. The Morgan fingerprint density at radius 3 is 2.81 bits per heavy atom. The average Bonchev–Trinajstić information content (AvgIpc) is 3.06. The van der Waals surface area contributed by atoms with E-state index in [4.69, 9.17) is 16.0 Å². The number of phenols is 1. The van der Waals surface area contributed by atoms with E-state index in [1.165, 1.54) is 24.4 Å². The Morgan fingerprint density at radius 2 is 1.96 bits per heavy atom. The molecule has 0 bridgehead atoms. The van der Waals surface area contributed by atoms with Crippen LogP contribution in [0.4, 0.5) is 10.1 Å². The summed E-state index contributed by atoms with van der Waals surface area (Å²) in [5, 5.41) is 10.3. The van der Waals surface area contributed by atoms with Gasteiger partial charge in [0.2, 0.25) is 5.89 Å². The van der Waals surface area contributed by atoms with Crippen molar-refractivity contribution < 1.29 is 13.9 Å². The molecule has 1 heterocycles. The molecule has 0 saturated heterocycles. The predicted octanol–water partition coefficient (Wildman–Crippen LogP) is 5.74. The SMILES string of the molecule is Oc1ccc(Cl)cc1C=Nc1ccc2nc(-c3cccc(F)c3)oc2c1. The minimum atomic E-state index is -0.351. The largest absolute Gasteiger partial charge is 0.507 e. The number of oxazole rings is 1. The molecule has 4 rings (SSSR count). The van der Waals surface area contributed by atoms with Gasteiger partial charge in [0.1, 0.15) is 17.1 Å². The molecule has 0 saturated carbocycles. The number of phenolic OH excluding ortho intramolecular Hbond substituents is 1. The summed E-state index contributed by atoms with van der Waals surface area (Å²) in [4.78, 5) is 8.70. The Balaban J connectivity index is 1.67. The molecule has 26 heavy (non-hydrogen) atoms. The van der Waals surface area contributed by atoms with Gasteiger partial charge in [0.15, 0.2) is 5.58 Å². The third kappa shape index (κ3) is 3.30. The van der Waals surface area contributed by atoms with E-state index in [2.05, 4.69) is 9.98 Å². The lowest BCUT2D eigenvalue weighted by atomic mass is 10.2. The van der Waals surface area contributed by atoms with Crippen LogP contribution in [0.2, 0.25) is 5.02 Å². The van der Waals surface area contributed by atoms with Gasteiger partial charge in [-0.1, -0.05) is 17.7 Å². The molecule has 0 fully saturated rings. The fourth-order valence-electron chi connectivity index (χ4n) is 2.51. The summed E-state index contributed by atoms with van der Waals surface area (Å²) in [5.41, 5.74) is 2.88. The molecule has 128 valence electrons. The zero-order valence-corrected chi connectivity index (χ0v) is 14.1. The first kappa shape index (κ1) is 16.3. The van der Waals surface area contributed by atoms with Gasteiger partial charge >= 0.3 is 0 Å². The molecule has 0 atom stereocenters. The van der Waals surface area contributed by atoms with Gasteiger partial charge in [-0.15, -0.1) is 0 Å². The Hall–Kier alpha value is -3.18. The van der Waals surface area contributed by atoms with E-state index in [0.29, 0.717) is 38.8 Å². The summed E-state index contributed by atoms with van der Waals surface area (Å²) in [6.07, 6.45) is 1.52. The normalized spacial score (nSPS) is 11.5. The van der Waals surface area contributed by atoms with E-state index in [-0.39, 0.29) is 11.6 Å². The van der Waals surface area contributed by atoms with E-state index in [0.717, 1.165) is 0 Å². The molecular formula is C20H12ClFN2O2. The number of fused-ring (bicyclic) bond motifs is 1. The predicted molar refractivity (Wildman–Crippen MR) is 99.8 cm³/mol. The quantitative estimate of drug-likeness (QED) is 0.470. The smallest absolute Gasteiger partial charge is 0.227 e. The van der Waals surface area contributed by atoms with Crippen LogP contribution in [0.15, 0.2) is 70.1 Å². The van der Waals surface area contributed by atoms with Crippen LogP contribution in [-0.4, -0.2) is 16.3 Å². The summed E-state index contributed by atoms with van der Waals surface area (Å²) in [7, 11) is 0. The minimum absolute atomic E-state index is 0.0901. The van der Waals surface area contributed by atoms with Gasteiger partial charge in [0.05, 0.1) is 5.69 Å². The minimum Gasteiger partial charge on any atom is -0.507 e. The first-order chi connectivity index (χ1) is 12.6. The fraction of sp³-hybridized carbons (Fsp3) is 0. The molecule has 0 radical (unpaired) electrons. The van der Waals surface area contributed by atoms with Crippen molar-refractivity contribution in [3.8, 4) is 17.2 Å². The molecule has 1 aromatic heterocycles. The van der Waals surface area contributed by atoms with Crippen molar-refractivity contribution in [1.82, 2.24) is 4.98 Å². The van der Waals surface area contributed by atoms with Crippen LogP contribution >= 0.6 is 11.6 Å². The molecule has 0 aliphatic carbocycles. The molecule has 0 spiro atoms. The standard InChI is InChI=1S/C20H12ClFN2O2/c21-14-4-7-18(25)13(8-14)11-23-16-5-6-17-19(10-16)26-20(24-17)12-2-1-3-15(22)9-12/h1-11,25H. The Kier molecular flexibility index (Phi) is 4.14. The molecule has 0 unspecified atom stereocenters. The molecule has 4 aromatic rings. The van der Waals surface area contributed by atoms with Crippen molar-refractivity contribution in [2.24, 2.45) is 4.99 Å². The Labute approximate surface area is 153 Å². The number of aliphatic imine (C=N–C) groups is 1. The van der Waals surface area contributed by atoms with E-state index < -0.39 is 0 Å². The summed E-state index contributed by atoms with van der Waals surface area (Å²) < 4.78 is 19.1. The van der Waals surface area contributed by atoms with Crippen LogP contribution in [-0.2, 0) is 0 Å². The van der Waals surface area contributed by atoms with E-state index in [1.54, 1.807) is 42.5 Å². The first-order valence-corrected chi connectivity index (χ1v) is 8.15. The molecule has 1 N–H and O–H groups in total. The highest BCUT2D eigenvalue weighted by atomic mass is 35.5. The average molecular weight is 367 g/mol. The number of rotatable bonds is 3. The number of hydrogen-bond donors (Lipinski definition) is 1. The van der Waals surface area contributed by atoms with Crippen LogP contribution in [0.1, 0.15) is 5.56 Å². The second-order valence-corrected chi connectivity index (χ2v) is 6.08. The maximum absolute atomic E-state index is 13.4. The number of halogens is 2. The monoisotopic (exact) mass is 366 g/mol. The summed E-state index contributed by atoms with van der Waals surface area (Å²) >= 11 is 5.93. The molecule has 4 nitrogen and oxygen atoms in total. The molecular weight excluding hydrogens is 355 g/mol. The van der Waals surface area contributed by atoms with Gasteiger partial charge in [-0.05, 0) is 48.5 Å². The lowest BCUT2D eigenvalue weighted by Gasteiger charge is -1.99. The number of aromatic nitrogens is 1. The summed E-state index contributed by atoms with van der Waals surface area (Å²) in [5.74, 6) is 0.0803. The highest BCUT2D eigenvalue weighted by Gasteiger charge is 2.09. The molecule has 0 aliphatic rings. The van der Waals surface area contributed by atoms with Crippen LogP contribution in [0.3, 0.4) is 0 Å². The van der Waals surface area contributed by atoms with Gasteiger partial charge in [0.25, 0.3) is 0 Å². The number of nitrogens with zero attached hydrogens (tertiary/aromatic N) is 2. The van der Waals surface area contributed by atoms with E-state index >= 15 is 0 Å². The van der Waals surface area contributed by atoms with E-state index in [9.17, 15) is 9.50 Å². The van der Waals surface area contributed by atoms with Crippen molar-refractivity contribution in [2.75, 3.05) is 0 Å². The van der Waals surface area contributed by atoms with Crippen LogP contribution in [0.25, 0.3) is 22.6 Å². The van der Waals surface area contributed by atoms with Gasteiger partial charge in [-0.2, -0.15) is 0 Å². The maximum Gasteiger partial charge on any atom is 0.227 e. The summed E-state index contributed by atoms with van der Waals surface area (Å²) in [6, 6.07) is 16.1. The van der Waals surface area contributed by atoms with Crippen LogP contribution < -0.4 is 0 Å². The lowest BCUT2D eigenvalue weighted by Crippen LogP contribution is -1.82. The van der Waals surface area contributed by atoms with Crippen molar-refractivity contribution in [3.63, 3.8) is 0 Å². The van der Waals surface area contributed by atoms with Crippen LogP contribution in [0.5, 0.6) is 5.75 Å². The topological polar surface area (TPSA) is 58.6 Å². The lowest BCUT2D eigenvalue weighted by molar-refractivity contribution is 0.474. The number of benzene rings is 3. The molecule has 0 aliphatic heterocycles. The Morgan fingerprint density at radius 1 is 1.08 bits per heavy atom. The number of aromatic hydroxyl groups is 1. The first-order valence-electron chi connectivity index (χ1n) is 7.77. The zero-order chi connectivity index (χ0) is 18.1. The van der Waals surface area contributed by atoms with Gasteiger partial charge < -0.3 is 9.52 Å². The third-order valence-electron chi connectivity index (χ3n) is 3.79.